The molecule has 2 heterocycles. The molecule has 2 aliphatic heterocycles. The summed E-state index contributed by atoms with van der Waals surface area (Å²) in [5, 5.41) is 7.08. The molecule has 1 spiro atoms. The van der Waals surface area contributed by atoms with Crippen molar-refractivity contribution in [2.45, 2.75) is 31.4 Å². The van der Waals surface area contributed by atoms with Gasteiger partial charge >= 0.3 is 0 Å². The maximum absolute atomic E-state index is 13.8. The van der Waals surface area contributed by atoms with Crippen molar-refractivity contribution in [3.63, 3.8) is 0 Å². The molecule has 2 aliphatic rings. The molecule has 202 valence electrons. The van der Waals surface area contributed by atoms with Crippen LogP contribution in [0.2, 0.25) is 0 Å². The first-order valence-corrected chi connectivity index (χ1v) is 12.9. The topological polar surface area (TPSA) is 131 Å². The van der Waals surface area contributed by atoms with Crippen LogP contribution in [0.3, 0.4) is 0 Å². The fraction of sp³-hybridized carbons (Fsp3) is 0.194. The lowest BCUT2D eigenvalue weighted by atomic mass is 9.91. The summed E-state index contributed by atoms with van der Waals surface area (Å²) in [5.74, 6) is -1.69. The molecule has 0 saturated carbocycles. The number of ketones is 1. The van der Waals surface area contributed by atoms with Crippen LogP contribution in [0.1, 0.15) is 51.6 Å². The molecule has 40 heavy (non-hydrogen) atoms. The maximum Gasteiger partial charge on any atom is 0.255 e. The Morgan fingerprint density at radius 2 is 1.73 bits per heavy atom. The Labute approximate surface area is 231 Å². The molecular weight excluding hydrogens is 508 g/mol. The van der Waals surface area contributed by atoms with Gasteiger partial charge in [0.25, 0.3) is 5.91 Å². The van der Waals surface area contributed by atoms with E-state index in [9.17, 15) is 19.2 Å². The Kier molecular flexibility index (Phi) is 7.29. The van der Waals surface area contributed by atoms with Crippen LogP contribution in [-0.4, -0.2) is 52.3 Å². The predicted molar refractivity (Wildman–Crippen MR) is 150 cm³/mol. The Hall–Kier alpha value is -5.05. The van der Waals surface area contributed by atoms with Crippen molar-refractivity contribution in [2.24, 2.45) is 10.9 Å². The Morgan fingerprint density at radius 1 is 1.00 bits per heavy atom. The fourth-order valence-electron chi connectivity index (χ4n) is 5.16. The molecule has 1 saturated heterocycles. The lowest BCUT2D eigenvalue weighted by Crippen LogP contribution is -2.44. The van der Waals surface area contributed by atoms with Gasteiger partial charge in [-0.15, -0.1) is 0 Å². The van der Waals surface area contributed by atoms with E-state index in [0.29, 0.717) is 23.4 Å². The van der Waals surface area contributed by atoms with E-state index in [1.54, 1.807) is 79.7 Å². The van der Waals surface area contributed by atoms with Crippen LogP contribution in [0.5, 0.6) is 0 Å². The number of carbonyl (C=O) groups is 4. The third-order valence-electron chi connectivity index (χ3n) is 7.05. The first kappa shape index (κ1) is 26.6. The SMILES string of the molecule is CC=CC(=O)Nc1cccc(C2=NOC3(C2)CC(C(N)=O)N(C(=O)c2ccccc2C(=O)c2ccccc2)C3)c1. The van der Waals surface area contributed by atoms with Gasteiger partial charge in [-0.25, -0.2) is 0 Å². The third-order valence-corrected chi connectivity index (χ3v) is 7.05. The minimum atomic E-state index is -0.951. The van der Waals surface area contributed by atoms with Crippen molar-refractivity contribution in [1.82, 2.24) is 4.90 Å². The Bertz CT molecular complexity index is 1550. The van der Waals surface area contributed by atoms with Crippen LogP contribution in [0.4, 0.5) is 5.69 Å². The summed E-state index contributed by atoms with van der Waals surface area (Å²) in [5.41, 5.74) is 7.63. The van der Waals surface area contributed by atoms with Gasteiger partial charge in [0.15, 0.2) is 11.4 Å². The quantitative estimate of drug-likeness (QED) is 0.351. The van der Waals surface area contributed by atoms with Crippen molar-refractivity contribution < 1.29 is 24.0 Å². The normalized spacial score (nSPS) is 19.9. The summed E-state index contributed by atoms with van der Waals surface area (Å²) < 4.78 is 0. The predicted octanol–water partition coefficient (Wildman–Crippen LogP) is 3.70. The van der Waals surface area contributed by atoms with Gasteiger partial charge in [0.1, 0.15) is 6.04 Å². The fourth-order valence-corrected chi connectivity index (χ4v) is 5.16. The summed E-state index contributed by atoms with van der Waals surface area (Å²) in [6.45, 7) is 1.83. The molecule has 9 heteroatoms. The maximum atomic E-state index is 13.8. The summed E-state index contributed by atoms with van der Waals surface area (Å²) in [7, 11) is 0. The number of nitrogens with zero attached hydrogens (tertiary/aromatic N) is 2. The van der Waals surface area contributed by atoms with E-state index in [4.69, 9.17) is 10.6 Å². The first-order valence-electron chi connectivity index (χ1n) is 12.9. The van der Waals surface area contributed by atoms with Crippen molar-refractivity contribution in [3.8, 4) is 0 Å². The monoisotopic (exact) mass is 536 g/mol. The Balaban J connectivity index is 1.38. The highest BCUT2D eigenvalue weighted by Gasteiger charge is 2.53. The highest BCUT2D eigenvalue weighted by molar-refractivity contribution is 6.15. The summed E-state index contributed by atoms with van der Waals surface area (Å²) >= 11 is 0. The van der Waals surface area contributed by atoms with Crippen LogP contribution in [0.15, 0.2) is 96.2 Å². The largest absolute Gasteiger partial charge is 0.387 e. The van der Waals surface area contributed by atoms with E-state index in [1.807, 2.05) is 12.1 Å². The van der Waals surface area contributed by atoms with E-state index in [0.717, 1.165) is 5.56 Å². The highest BCUT2D eigenvalue weighted by Crippen LogP contribution is 2.39. The van der Waals surface area contributed by atoms with E-state index >= 15 is 0 Å². The number of anilines is 1. The van der Waals surface area contributed by atoms with E-state index in [1.165, 1.54) is 11.0 Å². The van der Waals surface area contributed by atoms with Gasteiger partial charge in [0.05, 0.1) is 17.8 Å². The number of nitrogens with two attached hydrogens (primary N) is 1. The molecule has 5 rings (SSSR count). The number of hydrogen-bond donors (Lipinski definition) is 2. The third kappa shape index (κ3) is 5.26. The smallest absolute Gasteiger partial charge is 0.255 e. The van der Waals surface area contributed by atoms with Gasteiger partial charge in [0.2, 0.25) is 11.8 Å². The number of rotatable bonds is 7. The molecule has 2 unspecified atom stereocenters. The summed E-state index contributed by atoms with van der Waals surface area (Å²) in [6, 6.07) is 21.5. The molecule has 3 N–H and O–H groups in total. The average Bonchev–Trinajstić information content (AvgIpc) is 3.57. The van der Waals surface area contributed by atoms with Crippen LogP contribution in [0, 0.1) is 0 Å². The molecule has 0 aromatic heterocycles. The van der Waals surface area contributed by atoms with Crippen molar-refractivity contribution >= 4 is 34.9 Å². The van der Waals surface area contributed by atoms with Gasteiger partial charge < -0.3 is 20.8 Å². The summed E-state index contributed by atoms with van der Waals surface area (Å²) in [6.07, 6.45) is 3.57. The van der Waals surface area contributed by atoms with E-state index in [2.05, 4.69) is 10.5 Å². The molecule has 3 amide bonds. The van der Waals surface area contributed by atoms with Crippen molar-refractivity contribution in [2.75, 3.05) is 11.9 Å². The number of carbonyl (C=O) groups excluding carboxylic acids is 4. The molecule has 3 aromatic carbocycles. The number of hydrogen-bond acceptors (Lipinski definition) is 6. The van der Waals surface area contributed by atoms with Gasteiger partial charge in [-0.3, -0.25) is 19.2 Å². The summed E-state index contributed by atoms with van der Waals surface area (Å²) in [4.78, 5) is 58.8. The highest BCUT2D eigenvalue weighted by atomic mass is 16.7. The van der Waals surface area contributed by atoms with Crippen molar-refractivity contribution in [1.29, 1.82) is 0 Å². The second-order valence-corrected chi connectivity index (χ2v) is 9.86. The first-order chi connectivity index (χ1) is 19.3. The number of nitrogens with one attached hydrogen (secondary N) is 1. The van der Waals surface area contributed by atoms with Gasteiger partial charge in [-0.1, -0.05) is 71.9 Å². The molecule has 0 aliphatic carbocycles. The number of oxime groups is 1. The number of primary amides is 1. The van der Waals surface area contributed by atoms with E-state index < -0.39 is 23.5 Å². The zero-order valence-electron chi connectivity index (χ0n) is 21.9. The molecule has 0 radical (unpaired) electrons. The minimum absolute atomic E-state index is 0.0675. The minimum Gasteiger partial charge on any atom is -0.387 e. The van der Waals surface area contributed by atoms with Gasteiger partial charge in [0, 0.05) is 35.2 Å². The number of likely N-dealkylation sites (tertiary alicyclic amines) is 1. The second kappa shape index (κ2) is 11.0. The molecular formula is C31H28N4O5. The molecule has 2 atom stereocenters. The second-order valence-electron chi connectivity index (χ2n) is 9.86. The lowest BCUT2D eigenvalue weighted by molar-refractivity contribution is -0.121. The molecule has 9 nitrogen and oxygen atoms in total. The van der Waals surface area contributed by atoms with Crippen LogP contribution in [0.25, 0.3) is 0 Å². The Morgan fingerprint density at radius 3 is 2.45 bits per heavy atom. The van der Waals surface area contributed by atoms with Crippen molar-refractivity contribution in [3.05, 3.63) is 113 Å². The van der Waals surface area contributed by atoms with Crippen LogP contribution >= 0.6 is 0 Å². The molecule has 3 aromatic rings. The van der Waals surface area contributed by atoms with E-state index in [-0.39, 0.29) is 35.8 Å². The lowest BCUT2D eigenvalue weighted by Gasteiger charge is -2.24. The number of benzene rings is 3. The average molecular weight is 537 g/mol. The number of allylic oxidation sites excluding steroid dienone is 1. The molecule has 1 fully saturated rings. The van der Waals surface area contributed by atoms with Gasteiger partial charge in [-0.2, -0.15) is 0 Å². The standard InChI is InChI=1S/C31H28N4O5/c1-2-9-27(36)33-22-13-8-12-21(16-22)25-17-31(40-34-25)18-26(29(32)38)35(19-31)30(39)24-15-7-6-14-23(24)28(37)20-10-4-3-5-11-20/h2-16,26H,17-19H2,1H3,(H2,32,38)(H,33,36). The van der Waals surface area contributed by atoms with Crippen LogP contribution < -0.4 is 11.1 Å². The molecule has 0 bridgehead atoms. The van der Waals surface area contributed by atoms with Crippen LogP contribution in [-0.2, 0) is 14.4 Å². The zero-order chi connectivity index (χ0) is 28.3. The zero-order valence-corrected chi connectivity index (χ0v) is 21.9. The number of amides is 3. The van der Waals surface area contributed by atoms with Gasteiger partial charge in [-0.05, 0) is 31.2 Å².